The molecule has 5 heteroatoms. The molecule has 0 bridgehead atoms. The molecule has 1 aromatic heterocycles. The largest absolute Gasteiger partial charge is 0.460 e. The minimum Gasteiger partial charge on any atom is -0.460 e. The van der Waals surface area contributed by atoms with Crippen LogP contribution in [-0.2, 0) is 4.79 Å². The number of carbonyl (C=O) groups excluding carboxylic acids is 1. The van der Waals surface area contributed by atoms with Crippen LogP contribution < -0.4 is 4.74 Å². The van der Waals surface area contributed by atoms with Gasteiger partial charge in [-0.05, 0) is 69.2 Å². The average molecular weight is 383 g/mol. The molecule has 0 saturated carbocycles. The first-order chi connectivity index (χ1) is 13.3. The number of rotatable bonds is 7. The van der Waals surface area contributed by atoms with Gasteiger partial charge in [-0.1, -0.05) is 29.9 Å². The van der Waals surface area contributed by atoms with E-state index in [1.165, 1.54) is 37.4 Å². The van der Waals surface area contributed by atoms with Gasteiger partial charge in [0.15, 0.2) is 0 Å². The number of hydrogen-bond donors (Lipinski definition) is 0. The van der Waals surface area contributed by atoms with Crippen molar-refractivity contribution in [2.24, 2.45) is 0 Å². The number of aromatic nitrogens is 1. The highest BCUT2D eigenvalue weighted by molar-refractivity contribution is 5.85. The Morgan fingerprint density at radius 1 is 0.964 bits per heavy atom. The fraction of sp³-hybridized carbons (Fsp3) is 0.217. The van der Waals surface area contributed by atoms with Crippen molar-refractivity contribution in [1.82, 2.24) is 4.98 Å². The number of nitrogens with zero attached hydrogens (tertiary/aromatic N) is 1. The molecule has 0 radical (unpaired) electrons. The van der Waals surface area contributed by atoms with E-state index in [2.05, 4.69) is 4.98 Å². The molecule has 1 heterocycles. The van der Waals surface area contributed by atoms with E-state index in [1.807, 2.05) is 26.0 Å². The Labute approximate surface area is 164 Å². The summed E-state index contributed by atoms with van der Waals surface area (Å²) in [5.74, 6) is -0.289. The topological polar surface area (TPSA) is 39.2 Å². The SMILES string of the molecule is CC(=O)C(/C=C(C)/C(C)=C/C=C(C)Oc1ccc(F)nc1)c1ccc(F)cc1. The van der Waals surface area contributed by atoms with E-state index in [4.69, 9.17) is 4.74 Å². The van der Waals surface area contributed by atoms with Crippen LogP contribution >= 0.6 is 0 Å². The summed E-state index contributed by atoms with van der Waals surface area (Å²) < 4.78 is 31.6. The van der Waals surface area contributed by atoms with Gasteiger partial charge >= 0.3 is 0 Å². The summed E-state index contributed by atoms with van der Waals surface area (Å²) >= 11 is 0. The minimum absolute atomic E-state index is 0.0161. The Morgan fingerprint density at radius 2 is 1.64 bits per heavy atom. The number of halogens is 2. The van der Waals surface area contributed by atoms with Gasteiger partial charge in [-0.2, -0.15) is 4.39 Å². The average Bonchev–Trinajstić information content (AvgIpc) is 2.66. The lowest BCUT2D eigenvalue weighted by Crippen LogP contribution is -2.07. The van der Waals surface area contributed by atoms with Crippen molar-refractivity contribution in [2.45, 2.75) is 33.6 Å². The van der Waals surface area contributed by atoms with Crippen LogP contribution in [-0.4, -0.2) is 10.8 Å². The molecular formula is C23H23F2NO2. The standard InChI is InChI=1S/C23H23F2NO2/c1-15(5-6-17(3)28-21-11-12-23(25)26-14-21)16(2)13-22(18(4)27)19-7-9-20(24)10-8-19/h5-14,22H,1-4H3/b15-5+,16-13+,17-6?. The van der Waals surface area contributed by atoms with E-state index in [9.17, 15) is 13.6 Å². The maximum absolute atomic E-state index is 13.1. The molecule has 28 heavy (non-hydrogen) atoms. The molecular weight excluding hydrogens is 360 g/mol. The molecule has 0 aliphatic carbocycles. The lowest BCUT2D eigenvalue weighted by atomic mass is 9.92. The molecule has 146 valence electrons. The third kappa shape index (κ3) is 6.27. The quantitative estimate of drug-likeness (QED) is 0.339. The molecule has 0 N–H and O–H groups in total. The monoisotopic (exact) mass is 383 g/mol. The van der Waals surface area contributed by atoms with Crippen molar-refractivity contribution >= 4 is 5.78 Å². The third-order valence-corrected chi connectivity index (χ3v) is 4.25. The second kappa shape index (κ2) is 9.74. The molecule has 0 amide bonds. The fourth-order valence-electron chi connectivity index (χ4n) is 2.52. The molecule has 1 aromatic carbocycles. The fourth-order valence-corrected chi connectivity index (χ4v) is 2.52. The molecule has 1 atom stereocenters. The number of hydrogen-bond acceptors (Lipinski definition) is 3. The second-order valence-corrected chi connectivity index (χ2v) is 6.54. The van der Waals surface area contributed by atoms with E-state index in [0.717, 1.165) is 16.7 Å². The predicted molar refractivity (Wildman–Crippen MR) is 106 cm³/mol. The summed E-state index contributed by atoms with van der Waals surface area (Å²) in [5.41, 5.74) is 2.63. The first kappa shape index (κ1) is 21.2. The second-order valence-electron chi connectivity index (χ2n) is 6.54. The van der Waals surface area contributed by atoms with Gasteiger partial charge in [0.05, 0.1) is 12.1 Å². The molecule has 2 rings (SSSR count). The van der Waals surface area contributed by atoms with E-state index in [0.29, 0.717) is 11.5 Å². The Balaban J connectivity index is 2.15. The Kier molecular flexibility index (Phi) is 7.38. The van der Waals surface area contributed by atoms with Crippen LogP contribution in [0.15, 0.2) is 77.7 Å². The Bertz CT molecular complexity index is 911. The van der Waals surface area contributed by atoms with Gasteiger partial charge in [-0.25, -0.2) is 9.37 Å². The molecule has 2 aromatic rings. The summed E-state index contributed by atoms with van der Waals surface area (Å²) in [6.45, 7) is 7.14. The zero-order valence-electron chi connectivity index (χ0n) is 16.4. The van der Waals surface area contributed by atoms with Crippen LogP contribution in [0.1, 0.15) is 39.2 Å². The van der Waals surface area contributed by atoms with Crippen molar-refractivity contribution in [2.75, 3.05) is 0 Å². The van der Waals surface area contributed by atoms with Gasteiger partial charge in [0.25, 0.3) is 0 Å². The van der Waals surface area contributed by atoms with Crippen molar-refractivity contribution in [3.05, 3.63) is 95.1 Å². The zero-order valence-corrected chi connectivity index (χ0v) is 16.4. The molecule has 3 nitrogen and oxygen atoms in total. The van der Waals surface area contributed by atoms with Crippen LogP contribution in [0.3, 0.4) is 0 Å². The highest BCUT2D eigenvalue weighted by Crippen LogP contribution is 2.23. The van der Waals surface area contributed by atoms with Gasteiger partial charge in [0.1, 0.15) is 23.1 Å². The number of pyridine rings is 1. The van der Waals surface area contributed by atoms with Crippen molar-refractivity contribution in [3.8, 4) is 5.75 Å². The van der Waals surface area contributed by atoms with Gasteiger partial charge in [0.2, 0.25) is 5.95 Å². The van der Waals surface area contributed by atoms with Crippen molar-refractivity contribution in [1.29, 1.82) is 0 Å². The number of allylic oxidation sites excluding steroid dienone is 6. The van der Waals surface area contributed by atoms with Crippen molar-refractivity contribution < 1.29 is 18.3 Å². The summed E-state index contributed by atoms with van der Waals surface area (Å²) in [7, 11) is 0. The first-order valence-electron chi connectivity index (χ1n) is 8.85. The van der Waals surface area contributed by atoms with E-state index in [-0.39, 0.29) is 11.6 Å². The summed E-state index contributed by atoms with van der Waals surface area (Å²) in [5, 5.41) is 0. The van der Waals surface area contributed by atoms with Gasteiger partial charge in [0, 0.05) is 0 Å². The highest BCUT2D eigenvalue weighted by Gasteiger charge is 2.14. The van der Waals surface area contributed by atoms with Crippen LogP contribution in [0.2, 0.25) is 0 Å². The Morgan fingerprint density at radius 3 is 2.21 bits per heavy atom. The smallest absolute Gasteiger partial charge is 0.213 e. The van der Waals surface area contributed by atoms with Crippen LogP contribution in [0.4, 0.5) is 8.78 Å². The van der Waals surface area contributed by atoms with E-state index in [1.54, 1.807) is 25.1 Å². The molecule has 0 saturated heterocycles. The number of ketones is 1. The minimum atomic E-state index is -0.563. The number of benzene rings is 1. The Hall–Kier alpha value is -3.08. The lowest BCUT2D eigenvalue weighted by Gasteiger charge is -2.12. The molecule has 1 unspecified atom stereocenters. The molecule has 0 fully saturated rings. The predicted octanol–water partition coefficient (Wildman–Crippen LogP) is 5.91. The van der Waals surface area contributed by atoms with Gasteiger partial charge in [-0.15, -0.1) is 0 Å². The van der Waals surface area contributed by atoms with Crippen LogP contribution in [0, 0.1) is 11.8 Å². The van der Waals surface area contributed by atoms with E-state index < -0.39 is 11.9 Å². The maximum atomic E-state index is 13.1. The van der Waals surface area contributed by atoms with E-state index >= 15 is 0 Å². The maximum Gasteiger partial charge on any atom is 0.213 e. The molecule has 0 aliphatic rings. The molecule has 0 spiro atoms. The highest BCUT2D eigenvalue weighted by atomic mass is 19.1. The number of carbonyl (C=O) groups is 1. The third-order valence-electron chi connectivity index (χ3n) is 4.25. The van der Waals surface area contributed by atoms with Crippen molar-refractivity contribution in [3.63, 3.8) is 0 Å². The van der Waals surface area contributed by atoms with Gasteiger partial charge < -0.3 is 4.74 Å². The summed E-state index contributed by atoms with van der Waals surface area (Å²) in [4.78, 5) is 15.6. The number of Topliss-reactive ketones (excluding diaryl/α,β-unsaturated/α-hetero) is 1. The van der Waals surface area contributed by atoms with Crippen LogP contribution in [0.5, 0.6) is 5.75 Å². The molecule has 0 aliphatic heterocycles. The zero-order chi connectivity index (χ0) is 20.7. The summed E-state index contributed by atoms with van der Waals surface area (Å²) in [6.07, 6.45) is 6.85. The van der Waals surface area contributed by atoms with Crippen LogP contribution in [0.25, 0.3) is 0 Å². The lowest BCUT2D eigenvalue weighted by molar-refractivity contribution is -0.117. The summed E-state index contributed by atoms with van der Waals surface area (Å²) in [6, 6.07) is 8.68. The van der Waals surface area contributed by atoms with Gasteiger partial charge in [-0.3, -0.25) is 4.79 Å². The first-order valence-corrected chi connectivity index (χ1v) is 8.85. The number of ether oxygens (including phenoxy) is 1. The normalized spacial score (nSPS) is 14.0.